The van der Waals surface area contributed by atoms with Crippen molar-refractivity contribution < 1.29 is 9.47 Å². The molecule has 0 saturated carbocycles. The van der Waals surface area contributed by atoms with E-state index in [0.29, 0.717) is 18.1 Å². The molecule has 0 aromatic carbocycles. The molecule has 5 nitrogen and oxygen atoms in total. The van der Waals surface area contributed by atoms with Crippen LogP contribution in [-0.2, 0) is 4.74 Å². The van der Waals surface area contributed by atoms with Crippen molar-refractivity contribution in [2.75, 3.05) is 31.8 Å². The summed E-state index contributed by atoms with van der Waals surface area (Å²) in [6, 6.07) is 0. The van der Waals surface area contributed by atoms with Gasteiger partial charge in [0.15, 0.2) is 16.6 Å². The number of nitrogen functional groups attached to an aromatic ring is 1. The van der Waals surface area contributed by atoms with Gasteiger partial charge in [-0.3, -0.25) is 0 Å². The third-order valence-corrected chi connectivity index (χ3v) is 2.91. The van der Waals surface area contributed by atoms with Gasteiger partial charge in [0.05, 0.1) is 12.7 Å². The zero-order chi connectivity index (χ0) is 11.5. The number of nitrogens with two attached hydrogens (primary N) is 1. The molecule has 15 heavy (non-hydrogen) atoms. The summed E-state index contributed by atoms with van der Waals surface area (Å²) in [5.74, 6) is 1.02. The van der Waals surface area contributed by atoms with E-state index in [1.807, 2.05) is 13.8 Å². The van der Waals surface area contributed by atoms with Gasteiger partial charge in [0.2, 0.25) is 0 Å². The number of rotatable bonds is 5. The van der Waals surface area contributed by atoms with Gasteiger partial charge in [-0.1, -0.05) is 0 Å². The van der Waals surface area contributed by atoms with Crippen molar-refractivity contribution in [3.63, 3.8) is 0 Å². The topological polar surface area (TPSA) is 69.4 Å². The fraction of sp³-hybridized carbons (Fsp3) is 0.667. The standard InChI is InChI=1S/C9H17N3O2S/c1-9(2,14-4)5-11-8-6(13-3)7(10)12-15-8/h11H,5H2,1-4H3,(H2,10,12). The summed E-state index contributed by atoms with van der Waals surface area (Å²) in [6.07, 6.45) is 0. The Morgan fingerprint density at radius 3 is 2.67 bits per heavy atom. The van der Waals surface area contributed by atoms with E-state index < -0.39 is 0 Å². The van der Waals surface area contributed by atoms with Gasteiger partial charge >= 0.3 is 0 Å². The molecule has 0 radical (unpaired) electrons. The van der Waals surface area contributed by atoms with Crippen LogP contribution >= 0.6 is 11.5 Å². The summed E-state index contributed by atoms with van der Waals surface area (Å²) in [7, 11) is 3.26. The molecule has 0 amide bonds. The Labute approximate surface area is 93.7 Å². The lowest BCUT2D eigenvalue weighted by Gasteiger charge is -2.23. The van der Waals surface area contributed by atoms with Gasteiger partial charge in [-0.2, -0.15) is 4.37 Å². The van der Waals surface area contributed by atoms with Crippen LogP contribution in [0.1, 0.15) is 13.8 Å². The van der Waals surface area contributed by atoms with Crippen LogP contribution in [0.25, 0.3) is 0 Å². The second kappa shape index (κ2) is 4.67. The van der Waals surface area contributed by atoms with Crippen molar-refractivity contribution in [2.24, 2.45) is 0 Å². The third kappa shape index (κ3) is 2.97. The molecule has 1 aromatic rings. The number of anilines is 2. The number of nitrogens with one attached hydrogen (secondary N) is 1. The van der Waals surface area contributed by atoms with Crippen molar-refractivity contribution in [2.45, 2.75) is 19.4 Å². The maximum Gasteiger partial charge on any atom is 0.197 e. The molecule has 1 heterocycles. The Kier molecular flexibility index (Phi) is 3.76. The molecule has 1 rings (SSSR count). The SMILES string of the molecule is COc1c(N)nsc1NCC(C)(C)OC. The van der Waals surface area contributed by atoms with Gasteiger partial charge < -0.3 is 20.5 Å². The maximum atomic E-state index is 5.63. The van der Waals surface area contributed by atoms with Crippen molar-refractivity contribution in [1.82, 2.24) is 4.37 Å². The predicted molar refractivity (Wildman–Crippen MR) is 62.7 cm³/mol. The smallest absolute Gasteiger partial charge is 0.197 e. The largest absolute Gasteiger partial charge is 0.490 e. The van der Waals surface area contributed by atoms with Crippen molar-refractivity contribution >= 4 is 22.4 Å². The van der Waals surface area contributed by atoms with Crippen LogP contribution in [0.2, 0.25) is 0 Å². The van der Waals surface area contributed by atoms with E-state index in [-0.39, 0.29) is 5.60 Å². The number of ether oxygens (including phenoxy) is 2. The maximum absolute atomic E-state index is 5.63. The quantitative estimate of drug-likeness (QED) is 0.805. The zero-order valence-corrected chi connectivity index (χ0v) is 10.3. The molecule has 0 saturated heterocycles. The molecular formula is C9H17N3O2S. The minimum atomic E-state index is -0.232. The second-order valence-electron chi connectivity index (χ2n) is 3.75. The molecule has 6 heteroatoms. The molecule has 3 N–H and O–H groups in total. The van der Waals surface area contributed by atoms with E-state index in [1.165, 1.54) is 11.5 Å². The summed E-state index contributed by atoms with van der Waals surface area (Å²) in [4.78, 5) is 0. The molecule has 0 unspecified atom stereocenters. The van der Waals surface area contributed by atoms with E-state index in [2.05, 4.69) is 9.69 Å². The first-order valence-electron chi connectivity index (χ1n) is 4.58. The minimum absolute atomic E-state index is 0.232. The van der Waals surface area contributed by atoms with E-state index >= 15 is 0 Å². The van der Waals surface area contributed by atoms with Crippen LogP contribution in [0.4, 0.5) is 10.8 Å². The zero-order valence-electron chi connectivity index (χ0n) is 9.46. The minimum Gasteiger partial charge on any atom is -0.490 e. The Morgan fingerprint density at radius 2 is 2.13 bits per heavy atom. The molecule has 0 aliphatic carbocycles. The van der Waals surface area contributed by atoms with Crippen LogP contribution in [0.3, 0.4) is 0 Å². The molecule has 0 atom stereocenters. The predicted octanol–water partition coefficient (Wildman–Crippen LogP) is 1.57. The highest BCUT2D eigenvalue weighted by Gasteiger charge is 2.18. The van der Waals surface area contributed by atoms with E-state index in [4.69, 9.17) is 15.2 Å². The van der Waals surface area contributed by atoms with Gasteiger partial charge in [0, 0.05) is 13.7 Å². The molecule has 0 fully saturated rings. The highest BCUT2D eigenvalue weighted by Crippen LogP contribution is 2.34. The first kappa shape index (κ1) is 12.1. The van der Waals surface area contributed by atoms with Crippen molar-refractivity contribution in [3.05, 3.63) is 0 Å². The highest BCUT2D eigenvalue weighted by atomic mass is 32.1. The van der Waals surface area contributed by atoms with Gasteiger partial charge in [-0.25, -0.2) is 0 Å². The Hall–Kier alpha value is -1.01. The number of methoxy groups -OCH3 is 2. The van der Waals surface area contributed by atoms with Crippen molar-refractivity contribution in [1.29, 1.82) is 0 Å². The van der Waals surface area contributed by atoms with Crippen LogP contribution in [0.5, 0.6) is 5.75 Å². The molecule has 0 aliphatic rings. The number of nitrogens with zero attached hydrogens (tertiary/aromatic N) is 1. The van der Waals surface area contributed by atoms with Crippen LogP contribution in [0.15, 0.2) is 0 Å². The molecule has 0 bridgehead atoms. The third-order valence-electron chi connectivity index (χ3n) is 2.11. The normalized spacial score (nSPS) is 11.5. The lowest BCUT2D eigenvalue weighted by atomic mass is 10.1. The van der Waals surface area contributed by atoms with E-state index in [0.717, 1.165) is 5.00 Å². The molecule has 0 aliphatic heterocycles. The summed E-state index contributed by atoms with van der Waals surface area (Å²) in [5, 5.41) is 4.04. The van der Waals surface area contributed by atoms with Gasteiger partial charge in [-0.05, 0) is 25.4 Å². The molecular weight excluding hydrogens is 214 g/mol. The summed E-state index contributed by atoms with van der Waals surface area (Å²) in [5.41, 5.74) is 5.39. The number of aromatic nitrogens is 1. The lowest BCUT2D eigenvalue weighted by molar-refractivity contribution is 0.0344. The number of hydrogen-bond donors (Lipinski definition) is 2. The Morgan fingerprint density at radius 1 is 1.47 bits per heavy atom. The lowest BCUT2D eigenvalue weighted by Crippen LogP contribution is -2.31. The monoisotopic (exact) mass is 231 g/mol. The summed E-state index contributed by atoms with van der Waals surface area (Å²) in [6.45, 7) is 4.66. The first-order chi connectivity index (χ1) is 7.00. The van der Waals surface area contributed by atoms with E-state index in [9.17, 15) is 0 Å². The van der Waals surface area contributed by atoms with Crippen LogP contribution in [0, 0.1) is 0 Å². The van der Waals surface area contributed by atoms with Gasteiger partial charge in [-0.15, -0.1) is 0 Å². The highest BCUT2D eigenvalue weighted by molar-refractivity contribution is 7.11. The van der Waals surface area contributed by atoms with Crippen LogP contribution in [-0.4, -0.2) is 30.7 Å². The van der Waals surface area contributed by atoms with Crippen LogP contribution < -0.4 is 15.8 Å². The summed E-state index contributed by atoms with van der Waals surface area (Å²) >= 11 is 1.29. The fourth-order valence-electron chi connectivity index (χ4n) is 0.969. The fourth-order valence-corrected chi connectivity index (χ4v) is 1.65. The molecule has 86 valence electrons. The Bertz CT molecular complexity index is 325. The number of hydrogen-bond acceptors (Lipinski definition) is 6. The van der Waals surface area contributed by atoms with Crippen molar-refractivity contribution in [3.8, 4) is 5.75 Å². The Balaban J connectivity index is 2.65. The average molecular weight is 231 g/mol. The van der Waals surface area contributed by atoms with E-state index in [1.54, 1.807) is 14.2 Å². The molecule has 0 spiro atoms. The average Bonchev–Trinajstić information content (AvgIpc) is 2.56. The molecule has 1 aromatic heterocycles. The summed E-state index contributed by atoms with van der Waals surface area (Å²) < 4.78 is 14.4. The first-order valence-corrected chi connectivity index (χ1v) is 5.35. The second-order valence-corrected chi connectivity index (χ2v) is 4.52. The van der Waals surface area contributed by atoms with Gasteiger partial charge in [0.25, 0.3) is 0 Å². The van der Waals surface area contributed by atoms with Gasteiger partial charge in [0.1, 0.15) is 0 Å².